The molecular weight excluding hydrogens is 369 g/mol. The third kappa shape index (κ3) is 4.79. The number of halogens is 2. The zero-order valence-corrected chi connectivity index (χ0v) is 16.1. The molecule has 1 heterocycles. The lowest BCUT2D eigenvalue weighted by atomic mass is 10.1. The number of carbonyl (C=O) groups is 1. The molecule has 0 aromatic heterocycles. The van der Waals surface area contributed by atoms with Crippen LogP contribution in [0.5, 0.6) is 0 Å². The minimum Gasteiger partial charge on any atom is -0.368 e. The molecule has 3 rings (SSSR count). The molecule has 6 heteroatoms. The minimum absolute atomic E-state index is 0.212. The number of nitrogens with zero attached hydrogens (tertiary/aromatic N) is 2. The van der Waals surface area contributed by atoms with Gasteiger partial charge in [0.1, 0.15) is 0 Å². The molecule has 0 atom stereocenters. The smallest absolute Gasteiger partial charge is 0.248 e. The van der Waals surface area contributed by atoms with Crippen molar-refractivity contribution in [2.24, 2.45) is 0 Å². The first-order valence-electron chi connectivity index (χ1n) is 8.49. The molecule has 0 bridgehead atoms. The minimum atomic E-state index is -0.212. The molecule has 0 unspecified atom stereocenters. The van der Waals surface area contributed by atoms with Gasteiger partial charge >= 0.3 is 0 Å². The van der Waals surface area contributed by atoms with E-state index in [1.165, 1.54) is 6.08 Å². The zero-order valence-electron chi connectivity index (χ0n) is 14.6. The van der Waals surface area contributed by atoms with Crippen molar-refractivity contribution in [2.75, 3.05) is 43.4 Å². The van der Waals surface area contributed by atoms with Crippen LogP contribution in [-0.2, 0) is 4.79 Å². The van der Waals surface area contributed by atoms with Crippen molar-refractivity contribution in [2.45, 2.75) is 0 Å². The van der Waals surface area contributed by atoms with E-state index in [4.69, 9.17) is 23.2 Å². The Labute approximate surface area is 164 Å². The molecule has 2 aromatic carbocycles. The molecule has 1 aliphatic rings. The number of rotatable bonds is 4. The summed E-state index contributed by atoms with van der Waals surface area (Å²) in [4.78, 5) is 16.9. The predicted molar refractivity (Wildman–Crippen MR) is 110 cm³/mol. The maximum atomic E-state index is 12.2. The molecule has 1 aliphatic heterocycles. The van der Waals surface area contributed by atoms with Crippen LogP contribution < -0.4 is 10.2 Å². The fourth-order valence-electron chi connectivity index (χ4n) is 2.89. The van der Waals surface area contributed by atoms with Crippen molar-refractivity contribution in [1.82, 2.24) is 4.90 Å². The van der Waals surface area contributed by atoms with Gasteiger partial charge in [-0.15, -0.1) is 0 Å². The lowest BCUT2D eigenvalue weighted by molar-refractivity contribution is -0.111. The van der Waals surface area contributed by atoms with E-state index in [0.717, 1.165) is 37.4 Å². The van der Waals surface area contributed by atoms with Gasteiger partial charge in [-0.3, -0.25) is 4.79 Å². The van der Waals surface area contributed by atoms with Gasteiger partial charge in [-0.2, -0.15) is 0 Å². The lowest BCUT2D eigenvalue weighted by Crippen LogP contribution is -2.44. The zero-order chi connectivity index (χ0) is 18.5. The van der Waals surface area contributed by atoms with Crippen LogP contribution in [0, 0.1) is 0 Å². The summed E-state index contributed by atoms with van der Waals surface area (Å²) in [7, 11) is 2.14. The van der Waals surface area contributed by atoms with E-state index in [9.17, 15) is 4.79 Å². The molecule has 136 valence electrons. The number of carbonyl (C=O) groups excluding carboxylic acids is 1. The number of benzene rings is 2. The number of anilines is 2. The Morgan fingerprint density at radius 1 is 1.04 bits per heavy atom. The number of piperazine rings is 1. The van der Waals surface area contributed by atoms with Gasteiger partial charge in [0.05, 0.1) is 10.0 Å². The summed E-state index contributed by atoms with van der Waals surface area (Å²) in [6.07, 6.45) is 3.39. The Kier molecular flexibility index (Phi) is 6.20. The number of nitrogens with one attached hydrogen (secondary N) is 1. The summed E-state index contributed by atoms with van der Waals surface area (Å²) in [5.74, 6) is -0.212. The van der Waals surface area contributed by atoms with Gasteiger partial charge in [-0.05, 0) is 43.0 Å². The molecule has 4 nitrogen and oxygen atoms in total. The van der Waals surface area contributed by atoms with Gasteiger partial charge < -0.3 is 15.1 Å². The van der Waals surface area contributed by atoms with Gasteiger partial charge in [0.2, 0.25) is 5.91 Å². The van der Waals surface area contributed by atoms with E-state index in [2.05, 4.69) is 28.2 Å². The molecule has 2 aromatic rings. The van der Waals surface area contributed by atoms with Crippen molar-refractivity contribution >= 4 is 46.6 Å². The largest absolute Gasteiger partial charge is 0.368 e. The monoisotopic (exact) mass is 389 g/mol. The van der Waals surface area contributed by atoms with Crippen molar-refractivity contribution in [3.8, 4) is 0 Å². The SMILES string of the molecule is CN1CCN(c2ccccc2/C=C/C(=O)Nc2ccc(Cl)c(Cl)c2)CC1. The van der Waals surface area contributed by atoms with E-state index in [1.54, 1.807) is 18.2 Å². The molecule has 1 saturated heterocycles. The van der Waals surface area contributed by atoms with Crippen LogP contribution >= 0.6 is 23.2 Å². The highest BCUT2D eigenvalue weighted by Gasteiger charge is 2.15. The van der Waals surface area contributed by atoms with E-state index >= 15 is 0 Å². The molecule has 0 aliphatic carbocycles. The number of para-hydroxylation sites is 1. The first-order valence-corrected chi connectivity index (χ1v) is 9.25. The number of amides is 1. The second kappa shape index (κ2) is 8.58. The van der Waals surface area contributed by atoms with Crippen molar-refractivity contribution in [1.29, 1.82) is 0 Å². The van der Waals surface area contributed by atoms with Crippen LogP contribution in [0.3, 0.4) is 0 Å². The number of hydrogen-bond donors (Lipinski definition) is 1. The first kappa shape index (κ1) is 18.8. The van der Waals surface area contributed by atoms with Gasteiger partial charge in [0.15, 0.2) is 0 Å². The third-order valence-electron chi connectivity index (χ3n) is 4.38. The second-order valence-corrected chi connectivity index (χ2v) is 7.12. The topological polar surface area (TPSA) is 35.6 Å². The predicted octanol–water partition coefficient (Wildman–Crippen LogP) is 4.40. The summed E-state index contributed by atoms with van der Waals surface area (Å²) in [5.41, 5.74) is 2.79. The Hall–Kier alpha value is -2.01. The molecule has 1 N–H and O–H groups in total. The van der Waals surface area contributed by atoms with E-state index in [0.29, 0.717) is 15.7 Å². The van der Waals surface area contributed by atoms with Crippen LogP contribution in [0.1, 0.15) is 5.56 Å². The summed E-state index contributed by atoms with van der Waals surface area (Å²) >= 11 is 11.9. The van der Waals surface area contributed by atoms with Gasteiger partial charge in [-0.1, -0.05) is 41.4 Å². The normalized spacial score (nSPS) is 15.4. The summed E-state index contributed by atoms with van der Waals surface area (Å²) in [5, 5.41) is 3.67. The first-order chi connectivity index (χ1) is 12.5. The van der Waals surface area contributed by atoms with Crippen molar-refractivity contribution < 1.29 is 4.79 Å². The van der Waals surface area contributed by atoms with E-state index in [1.807, 2.05) is 24.3 Å². The molecule has 0 spiro atoms. The molecule has 1 fully saturated rings. The second-order valence-electron chi connectivity index (χ2n) is 6.30. The van der Waals surface area contributed by atoms with E-state index in [-0.39, 0.29) is 5.91 Å². The Morgan fingerprint density at radius 3 is 2.50 bits per heavy atom. The van der Waals surface area contributed by atoms with Crippen molar-refractivity contribution in [3.63, 3.8) is 0 Å². The fraction of sp³-hybridized carbons (Fsp3) is 0.250. The molecular formula is C20H21Cl2N3O. The third-order valence-corrected chi connectivity index (χ3v) is 5.12. The average molecular weight is 390 g/mol. The van der Waals surface area contributed by atoms with Gasteiger partial charge in [0, 0.05) is 43.6 Å². The Morgan fingerprint density at radius 2 is 1.77 bits per heavy atom. The maximum absolute atomic E-state index is 12.2. The number of hydrogen-bond acceptors (Lipinski definition) is 3. The number of likely N-dealkylation sites (N-methyl/N-ethyl adjacent to an activating group) is 1. The van der Waals surface area contributed by atoms with Gasteiger partial charge in [-0.25, -0.2) is 0 Å². The highest BCUT2D eigenvalue weighted by molar-refractivity contribution is 6.42. The summed E-state index contributed by atoms with van der Waals surface area (Å²) < 4.78 is 0. The fourth-order valence-corrected chi connectivity index (χ4v) is 3.19. The van der Waals surface area contributed by atoms with Gasteiger partial charge in [0.25, 0.3) is 0 Å². The lowest BCUT2D eigenvalue weighted by Gasteiger charge is -2.34. The highest BCUT2D eigenvalue weighted by atomic mass is 35.5. The van der Waals surface area contributed by atoms with Crippen LogP contribution in [0.2, 0.25) is 10.0 Å². The highest BCUT2D eigenvalue weighted by Crippen LogP contribution is 2.25. The van der Waals surface area contributed by atoms with Crippen LogP contribution in [0.4, 0.5) is 11.4 Å². The molecule has 1 amide bonds. The Bertz CT molecular complexity index is 814. The molecule has 0 radical (unpaired) electrons. The quantitative estimate of drug-likeness (QED) is 0.787. The van der Waals surface area contributed by atoms with E-state index < -0.39 is 0 Å². The van der Waals surface area contributed by atoms with Crippen molar-refractivity contribution in [3.05, 3.63) is 64.1 Å². The van der Waals surface area contributed by atoms with Crippen LogP contribution in [-0.4, -0.2) is 44.0 Å². The summed E-state index contributed by atoms with van der Waals surface area (Å²) in [6.45, 7) is 4.04. The molecule has 0 saturated carbocycles. The average Bonchev–Trinajstić information content (AvgIpc) is 2.64. The molecule has 26 heavy (non-hydrogen) atoms. The summed E-state index contributed by atoms with van der Waals surface area (Å²) in [6, 6.07) is 13.1. The standard InChI is InChI=1S/C20H21Cl2N3O/c1-24-10-12-25(13-11-24)19-5-3-2-4-15(19)6-9-20(26)23-16-7-8-17(21)18(22)14-16/h2-9,14H,10-13H2,1H3,(H,23,26)/b9-6+. The maximum Gasteiger partial charge on any atom is 0.248 e. The van der Waals surface area contributed by atoms with Crippen LogP contribution in [0.15, 0.2) is 48.5 Å². The van der Waals surface area contributed by atoms with Crippen LogP contribution in [0.25, 0.3) is 6.08 Å². The Balaban J connectivity index is 1.70.